The minimum atomic E-state index is -1.16. The van der Waals surface area contributed by atoms with Gasteiger partial charge in [0, 0.05) is 13.3 Å². The normalized spacial score (nSPS) is 12.3. The fourth-order valence-corrected chi connectivity index (χ4v) is 1.87. The third-order valence-corrected chi connectivity index (χ3v) is 2.91. The number of carboxylic acids is 1. The Bertz CT molecular complexity index is 587. The molecule has 7 heteroatoms. The van der Waals surface area contributed by atoms with Crippen LogP contribution >= 0.6 is 0 Å². The number of benzene rings is 1. The number of hydrogen-bond donors (Lipinski definition) is 3. The first-order valence-corrected chi connectivity index (χ1v) is 7.03. The van der Waals surface area contributed by atoms with Crippen molar-refractivity contribution in [3.8, 4) is 0 Å². The van der Waals surface area contributed by atoms with Crippen LogP contribution in [0.25, 0.3) is 0 Å². The smallest absolute Gasteiger partial charge is 0.307 e. The quantitative estimate of drug-likeness (QED) is 0.670. The lowest BCUT2D eigenvalue weighted by atomic mass is 10.1. The molecule has 23 heavy (non-hydrogen) atoms. The molecule has 1 aromatic carbocycles. The molecule has 0 fully saturated rings. The molecule has 1 aromatic rings. The van der Waals surface area contributed by atoms with E-state index in [2.05, 4.69) is 10.6 Å². The van der Waals surface area contributed by atoms with Gasteiger partial charge in [-0.05, 0) is 11.6 Å². The maximum Gasteiger partial charge on any atom is 0.307 e. The van der Waals surface area contributed by atoms with Crippen molar-refractivity contribution in [2.24, 2.45) is 0 Å². The molecule has 0 aliphatic heterocycles. The average Bonchev–Trinajstić information content (AvgIpc) is 2.50. The van der Waals surface area contributed by atoms with Crippen LogP contribution in [0.4, 0.5) is 4.39 Å². The Kier molecular flexibility index (Phi) is 7.45. The molecule has 0 spiro atoms. The summed E-state index contributed by atoms with van der Waals surface area (Å²) < 4.78 is 13.4. The Balaban J connectivity index is 2.63. The van der Waals surface area contributed by atoms with Crippen molar-refractivity contribution < 1.29 is 23.9 Å². The maximum absolute atomic E-state index is 13.4. The largest absolute Gasteiger partial charge is 0.481 e. The van der Waals surface area contributed by atoms with Crippen LogP contribution in [0.3, 0.4) is 0 Å². The summed E-state index contributed by atoms with van der Waals surface area (Å²) in [7, 11) is 0. The summed E-state index contributed by atoms with van der Waals surface area (Å²) in [4.78, 5) is 33.6. The Morgan fingerprint density at radius 1 is 1.26 bits per heavy atom. The van der Waals surface area contributed by atoms with Gasteiger partial charge in [0.25, 0.3) is 0 Å². The molecule has 2 amide bonds. The number of amides is 2. The molecule has 0 bridgehead atoms. The fourth-order valence-electron chi connectivity index (χ4n) is 1.87. The first-order chi connectivity index (χ1) is 10.9. The Morgan fingerprint density at radius 2 is 1.91 bits per heavy atom. The minimum Gasteiger partial charge on any atom is -0.481 e. The fraction of sp³-hybridized carbons (Fsp3) is 0.312. The standard InChI is InChI=1S/C16H19FN2O4/c1-11(20)19-14(9-12-5-3-2-4-6-12)16(23)18-10-13(17)7-8-15(21)22/h2-7,14H,8-10H2,1H3,(H,18,23)(H,19,20)(H,21,22)/t14-/m0/s1. The van der Waals surface area contributed by atoms with Crippen LogP contribution in [0.15, 0.2) is 42.2 Å². The van der Waals surface area contributed by atoms with Crippen molar-refractivity contribution in [1.29, 1.82) is 0 Å². The second kappa shape index (κ2) is 9.34. The third kappa shape index (κ3) is 7.75. The minimum absolute atomic E-state index is 0.271. The topological polar surface area (TPSA) is 95.5 Å². The number of carbonyl (C=O) groups is 3. The first kappa shape index (κ1) is 18.3. The van der Waals surface area contributed by atoms with Crippen molar-refractivity contribution in [3.05, 3.63) is 47.8 Å². The lowest BCUT2D eigenvalue weighted by Crippen LogP contribution is -2.47. The zero-order valence-corrected chi connectivity index (χ0v) is 12.7. The van der Waals surface area contributed by atoms with E-state index >= 15 is 0 Å². The van der Waals surface area contributed by atoms with Crippen molar-refractivity contribution in [2.45, 2.75) is 25.8 Å². The Morgan fingerprint density at radius 3 is 2.48 bits per heavy atom. The van der Waals surface area contributed by atoms with Crippen LogP contribution in [0.5, 0.6) is 0 Å². The highest BCUT2D eigenvalue weighted by atomic mass is 19.1. The molecule has 6 nitrogen and oxygen atoms in total. The average molecular weight is 322 g/mol. The summed E-state index contributed by atoms with van der Waals surface area (Å²) in [5.41, 5.74) is 0.850. The summed E-state index contributed by atoms with van der Waals surface area (Å²) in [5, 5.41) is 13.3. The highest BCUT2D eigenvalue weighted by molar-refractivity contribution is 5.87. The number of hydrogen-bond acceptors (Lipinski definition) is 3. The molecule has 0 heterocycles. The summed E-state index contributed by atoms with van der Waals surface area (Å²) in [6.07, 6.45) is 0.695. The van der Waals surface area contributed by atoms with Crippen LogP contribution < -0.4 is 10.6 Å². The Labute approximate surface area is 133 Å². The number of halogens is 1. The second-order valence-corrected chi connectivity index (χ2v) is 4.91. The molecule has 0 unspecified atom stereocenters. The lowest BCUT2D eigenvalue weighted by Gasteiger charge is -2.17. The van der Waals surface area contributed by atoms with E-state index in [0.717, 1.165) is 11.6 Å². The van der Waals surface area contributed by atoms with Crippen molar-refractivity contribution >= 4 is 17.8 Å². The van der Waals surface area contributed by atoms with Crippen molar-refractivity contribution in [3.63, 3.8) is 0 Å². The van der Waals surface area contributed by atoms with E-state index in [9.17, 15) is 18.8 Å². The van der Waals surface area contributed by atoms with Crippen molar-refractivity contribution in [1.82, 2.24) is 10.6 Å². The molecule has 0 radical (unpaired) electrons. The number of carbonyl (C=O) groups excluding carboxylic acids is 2. The zero-order valence-electron chi connectivity index (χ0n) is 12.7. The first-order valence-electron chi connectivity index (χ1n) is 7.03. The van der Waals surface area contributed by atoms with E-state index in [-0.39, 0.29) is 12.3 Å². The highest BCUT2D eigenvalue weighted by Gasteiger charge is 2.19. The van der Waals surface area contributed by atoms with Crippen molar-refractivity contribution in [2.75, 3.05) is 6.54 Å². The van der Waals surface area contributed by atoms with Crippen LogP contribution in [-0.4, -0.2) is 35.5 Å². The van der Waals surface area contributed by atoms with Crippen LogP contribution in [0.1, 0.15) is 18.9 Å². The number of rotatable bonds is 8. The molecule has 0 aromatic heterocycles. The molecule has 3 N–H and O–H groups in total. The van der Waals surface area contributed by atoms with Gasteiger partial charge in [0.05, 0.1) is 13.0 Å². The number of carboxylic acid groups (broad SMARTS) is 1. The molecular formula is C16H19FN2O4. The van der Waals surface area contributed by atoms with Gasteiger partial charge in [-0.25, -0.2) is 4.39 Å². The van der Waals surface area contributed by atoms with Gasteiger partial charge in [0.1, 0.15) is 11.9 Å². The van der Waals surface area contributed by atoms with Gasteiger partial charge in [-0.1, -0.05) is 30.3 Å². The van der Waals surface area contributed by atoms with Gasteiger partial charge in [-0.2, -0.15) is 0 Å². The van der Waals surface area contributed by atoms with E-state index in [4.69, 9.17) is 5.11 Å². The summed E-state index contributed by atoms with van der Waals surface area (Å²) in [6.45, 7) is 0.871. The number of nitrogens with one attached hydrogen (secondary N) is 2. The lowest BCUT2D eigenvalue weighted by molar-refractivity contribution is -0.136. The van der Waals surface area contributed by atoms with E-state index < -0.39 is 36.7 Å². The second-order valence-electron chi connectivity index (χ2n) is 4.91. The molecule has 1 atom stereocenters. The highest BCUT2D eigenvalue weighted by Crippen LogP contribution is 2.04. The third-order valence-electron chi connectivity index (χ3n) is 2.91. The van der Waals surface area contributed by atoms with E-state index in [0.29, 0.717) is 0 Å². The molecule has 1 rings (SSSR count). The summed E-state index contributed by atoms with van der Waals surface area (Å²) in [6, 6.07) is 8.26. The van der Waals surface area contributed by atoms with Gasteiger partial charge in [-0.15, -0.1) is 0 Å². The van der Waals surface area contributed by atoms with Gasteiger partial charge in [0.2, 0.25) is 11.8 Å². The molecule has 0 aliphatic carbocycles. The van der Waals surface area contributed by atoms with Gasteiger partial charge >= 0.3 is 5.97 Å². The predicted octanol–water partition coefficient (Wildman–Crippen LogP) is 1.18. The van der Waals surface area contributed by atoms with Gasteiger partial charge < -0.3 is 15.7 Å². The molecule has 124 valence electrons. The Hall–Kier alpha value is -2.70. The van der Waals surface area contributed by atoms with Crippen LogP contribution in [0.2, 0.25) is 0 Å². The zero-order chi connectivity index (χ0) is 17.2. The van der Waals surface area contributed by atoms with E-state index in [1.807, 2.05) is 30.3 Å². The molecule has 0 aliphatic rings. The van der Waals surface area contributed by atoms with Crippen LogP contribution in [-0.2, 0) is 20.8 Å². The SMILES string of the molecule is CC(=O)N[C@@H](Cc1ccccc1)C(=O)NCC(F)=CCC(=O)O. The molecule has 0 saturated carbocycles. The van der Waals surface area contributed by atoms with E-state index in [1.165, 1.54) is 6.92 Å². The predicted molar refractivity (Wildman–Crippen MR) is 82.2 cm³/mol. The van der Waals surface area contributed by atoms with Gasteiger partial charge in [0.15, 0.2) is 0 Å². The van der Waals surface area contributed by atoms with Gasteiger partial charge in [-0.3, -0.25) is 14.4 Å². The van der Waals surface area contributed by atoms with E-state index in [1.54, 1.807) is 0 Å². The maximum atomic E-state index is 13.4. The summed E-state index contributed by atoms with van der Waals surface area (Å²) >= 11 is 0. The molecular weight excluding hydrogens is 303 g/mol. The number of aliphatic carboxylic acids is 1. The summed E-state index contributed by atoms with van der Waals surface area (Å²) in [5.74, 6) is -2.82. The monoisotopic (exact) mass is 322 g/mol. The van der Waals surface area contributed by atoms with Crippen LogP contribution in [0, 0.1) is 0 Å². The molecule has 0 saturated heterocycles.